The minimum atomic E-state index is -0.772. The molecule has 0 radical (unpaired) electrons. The number of Topliss-reactive ketones (excluding diaryl/α,β-unsaturated/α-hetero) is 1. The molecule has 1 N–H and O–H groups in total. The monoisotopic (exact) mass is 496 g/mol. The Balaban J connectivity index is 2.16. The van der Waals surface area contributed by atoms with Crippen LogP contribution in [0, 0.1) is 6.92 Å². The van der Waals surface area contributed by atoms with E-state index in [9.17, 15) is 14.7 Å². The van der Waals surface area contributed by atoms with Crippen LogP contribution in [0.15, 0.2) is 42.0 Å². The zero-order valence-corrected chi connectivity index (χ0v) is 22.0. The Morgan fingerprint density at radius 3 is 2.28 bits per heavy atom. The first kappa shape index (κ1) is 27.1. The molecule has 2 aromatic rings. The fourth-order valence-electron chi connectivity index (χ4n) is 4.57. The van der Waals surface area contributed by atoms with Gasteiger partial charge in [0.1, 0.15) is 11.5 Å². The number of rotatable bonds is 11. The molecule has 2 aromatic carbocycles. The van der Waals surface area contributed by atoms with Crippen LogP contribution in [-0.4, -0.2) is 73.6 Å². The second-order valence-corrected chi connectivity index (χ2v) is 8.54. The normalized spacial score (nSPS) is 17.1. The van der Waals surface area contributed by atoms with Gasteiger partial charge >= 0.3 is 0 Å². The van der Waals surface area contributed by atoms with Gasteiger partial charge in [-0.25, -0.2) is 0 Å². The highest BCUT2D eigenvalue weighted by atomic mass is 16.5. The van der Waals surface area contributed by atoms with E-state index in [1.54, 1.807) is 43.5 Å². The molecule has 1 heterocycles. The third-order valence-corrected chi connectivity index (χ3v) is 6.58. The maximum atomic E-state index is 13.4. The number of carbonyl (C=O) groups excluding carboxylic acids is 2. The van der Waals surface area contributed by atoms with Crippen LogP contribution >= 0.6 is 0 Å². The van der Waals surface area contributed by atoms with Crippen molar-refractivity contribution in [3.05, 3.63) is 58.7 Å². The molecule has 8 nitrogen and oxygen atoms in total. The first-order chi connectivity index (χ1) is 17.3. The van der Waals surface area contributed by atoms with Crippen LogP contribution in [-0.2, 0) is 9.59 Å². The number of likely N-dealkylation sites (tertiary alicyclic amines) is 1. The number of aliphatic hydroxyl groups excluding tert-OH is 1. The fourth-order valence-corrected chi connectivity index (χ4v) is 4.57. The number of hydrogen-bond acceptors (Lipinski definition) is 7. The Morgan fingerprint density at radius 2 is 1.69 bits per heavy atom. The summed E-state index contributed by atoms with van der Waals surface area (Å²) in [5, 5.41) is 11.4. The van der Waals surface area contributed by atoms with E-state index in [0.29, 0.717) is 48.1 Å². The molecule has 1 amide bonds. The minimum Gasteiger partial charge on any atom is -0.507 e. The Morgan fingerprint density at radius 1 is 1.00 bits per heavy atom. The van der Waals surface area contributed by atoms with Gasteiger partial charge < -0.3 is 29.1 Å². The van der Waals surface area contributed by atoms with E-state index in [4.69, 9.17) is 14.2 Å². The molecule has 36 heavy (non-hydrogen) atoms. The summed E-state index contributed by atoms with van der Waals surface area (Å²) in [5.41, 5.74) is 1.92. The van der Waals surface area contributed by atoms with Gasteiger partial charge in [-0.05, 0) is 68.4 Å². The highest BCUT2D eigenvalue weighted by Gasteiger charge is 2.46. The predicted molar refractivity (Wildman–Crippen MR) is 139 cm³/mol. The summed E-state index contributed by atoms with van der Waals surface area (Å²) >= 11 is 0. The van der Waals surface area contributed by atoms with Gasteiger partial charge in [0, 0.05) is 18.7 Å². The lowest BCUT2D eigenvalue weighted by Gasteiger charge is -2.28. The Bertz CT molecular complexity index is 1140. The molecule has 0 unspecified atom stereocenters. The van der Waals surface area contributed by atoms with Crippen LogP contribution in [0.3, 0.4) is 0 Å². The largest absolute Gasteiger partial charge is 0.507 e. The standard InChI is InChI=1S/C28H36N2O6/c1-7-29(8-2)14-15-30-25(19-10-13-22(34-5)23(17-19)35-6)24(27(32)28(30)33)26(31)21-12-11-20(36-9-3)16-18(21)4/h10-13,16-17,25,31H,7-9,14-15H2,1-6H3/t25-/m0/s1. The minimum absolute atomic E-state index is 0.0547. The summed E-state index contributed by atoms with van der Waals surface area (Å²) in [5.74, 6) is 0.124. The van der Waals surface area contributed by atoms with Gasteiger partial charge in [0.05, 0.1) is 32.4 Å². The van der Waals surface area contributed by atoms with Crippen molar-refractivity contribution >= 4 is 17.4 Å². The average molecular weight is 497 g/mol. The number of benzene rings is 2. The quantitative estimate of drug-likeness (QED) is 0.284. The predicted octanol–water partition coefficient (Wildman–Crippen LogP) is 4.17. The fraction of sp³-hybridized carbons (Fsp3) is 0.429. The van der Waals surface area contributed by atoms with Crippen molar-refractivity contribution in [3.8, 4) is 17.2 Å². The number of carbonyl (C=O) groups is 2. The first-order valence-electron chi connectivity index (χ1n) is 12.3. The van der Waals surface area contributed by atoms with Gasteiger partial charge in [-0.15, -0.1) is 0 Å². The van der Waals surface area contributed by atoms with E-state index in [-0.39, 0.29) is 11.3 Å². The molecule has 1 saturated heterocycles. The third kappa shape index (κ3) is 5.33. The third-order valence-electron chi connectivity index (χ3n) is 6.58. The van der Waals surface area contributed by atoms with E-state index >= 15 is 0 Å². The highest BCUT2D eigenvalue weighted by Crippen LogP contribution is 2.42. The van der Waals surface area contributed by atoms with Gasteiger partial charge in [0.2, 0.25) is 0 Å². The number of likely N-dealkylation sites (N-methyl/N-ethyl adjacent to an activating group) is 1. The second kappa shape index (κ2) is 11.9. The van der Waals surface area contributed by atoms with Crippen LogP contribution in [0.5, 0.6) is 17.2 Å². The molecule has 1 atom stereocenters. The number of aliphatic hydroxyl groups is 1. The van der Waals surface area contributed by atoms with Crippen molar-refractivity contribution in [3.63, 3.8) is 0 Å². The van der Waals surface area contributed by atoms with Crippen molar-refractivity contribution in [1.82, 2.24) is 9.80 Å². The van der Waals surface area contributed by atoms with E-state index in [0.717, 1.165) is 18.7 Å². The lowest BCUT2D eigenvalue weighted by atomic mass is 9.93. The van der Waals surface area contributed by atoms with Crippen LogP contribution in [0.25, 0.3) is 5.76 Å². The molecule has 1 fully saturated rings. The molecule has 194 valence electrons. The molecule has 3 rings (SSSR count). The molecule has 1 aliphatic heterocycles. The van der Waals surface area contributed by atoms with Crippen LogP contribution < -0.4 is 14.2 Å². The zero-order valence-electron chi connectivity index (χ0n) is 22.0. The van der Waals surface area contributed by atoms with E-state index in [2.05, 4.69) is 18.7 Å². The van der Waals surface area contributed by atoms with Gasteiger partial charge in [-0.3, -0.25) is 9.59 Å². The van der Waals surface area contributed by atoms with Crippen molar-refractivity contribution in [2.75, 3.05) is 47.0 Å². The van der Waals surface area contributed by atoms with E-state index in [1.807, 2.05) is 13.8 Å². The number of hydrogen-bond donors (Lipinski definition) is 1. The Kier molecular flexibility index (Phi) is 8.98. The zero-order chi connectivity index (χ0) is 26.4. The van der Waals surface area contributed by atoms with Gasteiger partial charge in [0.15, 0.2) is 11.5 Å². The van der Waals surface area contributed by atoms with Crippen molar-refractivity contribution in [1.29, 1.82) is 0 Å². The number of methoxy groups -OCH3 is 2. The van der Waals surface area contributed by atoms with Crippen molar-refractivity contribution in [2.24, 2.45) is 0 Å². The lowest BCUT2D eigenvalue weighted by Crippen LogP contribution is -2.38. The van der Waals surface area contributed by atoms with Gasteiger partial charge in [-0.2, -0.15) is 0 Å². The molecule has 0 spiro atoms. The molecule has 0 aliphatic carbocycles. The van der Waals surface area contributed by atoms with Gasteiger partial charge in [0.25, 0.3) is 11.7 Å². The number of ether oxygens (including phenoxy) is 3. The smallest absolute Gasteiger partial charge is 0.295 e. The van der Waals surface area contributed by atoms with Crippen LogP contribution in [0.2, 0.25) is 0 Å². The second-order valence-electron chi connectivity index (χ2n) is 8.54. The van der Waals surface area contributed by atoms with E-state index < -0.39 is 17.7 Å². The Labute approximate surface area is 213 Å². The number of nitrogens with zero attached hydrogens (tertiary/aromatic N) is 2. The number of aryl methyl sites for hydroxylation is 1. The molecule has 0 saturated carbocycles. The molecular formula is C28H36N2O6. The lowest BCUT2D eigenvalue weighted by molar-refractivity contribution is -0.140. The van der Waals surface area contributed by atoms with Crippen molar-refractivity contribution < 1.29 is 28.9 Å². The summed E-state index contributed by atoms with van der Waals surface area (Å²) in [6, 6.07) is 9.77. The summed E-state index contributed by atoms with van der Waals surface area (Å²) in [4.78, 5) is 30.3. The van der Waals surface area contributed by atoms with E-state index in [1.165, 1.54) is 12.0 Å². The summed E-state index contributed by atoms with van der Waals surface area (Å²) in [7, 11) is 3.07. The van der Waals surface area contributed by atoms with Crippen LogP contribution in [0.1, 0.15) is 43.5 Å². The Hall–Kier alpha value is -3.52. The number of ketones is 1. The maximum absolute atomic E-state index is 13.4. The highest BCUT2D eigenvalue weighted by molar-refractivity contribution is 6.46. The average Bonchev–Trinajstić information content (AvgIpc) is 3.13. The molecular weight excluding hydrogens is 460 g/mol. The number of amides is 1. The SMILES string of the molecule is CCOc1ccc(C(O)=C2C(=O)C(=O)N(CCN(CC)CC)[C@H]2c2ccc(OC)c(OC)c2)c(C)c1. The summed E-state index contributed by atoms with van der Waals surface area (Å²) < 4.78 is 16.4. The summed E-state index contributed by atoms with van der Waals surface area (Å²) in [6.45, 7) is 10.9. The molecule has 0 bridgehead atoms. The van der Waals surface area contributed by atoms with Gasteiger partial charge in [-0.1, -0.05) is 19.9 Å². The topological polar surface area (TPSA) is 88.5 Å². The first-order valence-corrected chi connectivity index (χ1v) is 12.3. The molecule has 1 aliphatic rings. The van der Waals surface area contributed by atoms with Crippen molar-refractivity contribution in [2.45, 2.75) is 33.7 Å². The molecule has 8 heteroatoms. The van der Waals surface area contributed by atoms with Crippen LogP contribution in [0.4, 0.5) is 0 Å². The maximum Gasteiger partial charge on any atom is 0.295 e. The summed E-state index contributed by atoms with van der Waals surface area (Å²) in [6.07, 6.45) is 0. The molecule has 0 aromatic heterocycles.